The molecule has 0 amide bonds. The van der Waals surface area contributed by atoms with Gasteiger partial charge in [0.05, 0.1) is 12.1 Å². The topological polar surface area (TPSA) is 25.4 Å². The number of morpholine rings is 1. The molecule has 1 aliphatic rings. The maximum Gasteiger partial charge on any atom is 0.124 e. The maximum absolute atomic E-state index is 13.7. The van der Waals surface area contributed by atoms with Crippen LogP contribution in [0.3, 0.4) is 0 Å². The van der Waals surface area contributed by atoms with Gasteiger partial charge in [0, 0.05) is 34.7 Å². The molecule has 23 heavy (non-hydrogen) atoms. The van der Waals surface area contributed by atoms with E-state index in [1.807, 2.05) is 19.1 Å². The monoisotopic (exact) mass is 328 g/mol. The van der Waals surface area contributed by atoms with Gasteiger partial charge in [-0.1, -0.05) is 6.07 Å². The Hall–Kier alpha value is -1.98. The molecule has 2 aromatic heterocycles. The molecule has 1 fully saturated rings. The number of thiophene rings is 1. The predicted molar refractivity (Wildman–Crippen MR) is 91.7 cm³/mol. The van der Waals surface area contributed by atoms with Gasteiger partial charge in [0.15, 0.2) is 0 Å². The van der Waals surface area contributed by atoms with Gasteiger partial charge in [-0.2, -0.15) is 0 Å². The van der Waals surface area contributed by atoms with Crippen LogP contribution in [0.4, 0.5) is 10.1 Å². The molecule has 3 heterocycles. The standard InChI is InChI=1S/C18H17FN2OS/c1-12-9-16(14-10-13(19)4-5-15(14)20-12)21-6-7-22-17(11-21)18-3-2-8-23-18/h2-5,8-10,17H,6-7,11H2,1H3. The van der Waals surface area contributed by atoms with Crippen molar-refractivity contribution >= 4 is 27.9 Å². The molecule has 1 saturated heterocycles. The SMILES string of the molecule is Cc1cc(N2CCOC(c3cccs3)C2)c2cc(F)ccc2n1. The molecular weight excluding hydrogens is 311 g/mol. The summed E-state index contributed by atoms with van der Waals surface area (Å²) in [5, 5.41) is 2.93. The zero-order valence-electron chi connectivity index (χ0n) is 12.8. The molecule has 1 unspecified atom stereocenters. The Morgan fingerprint density at radius 1 is 1.30 bits per heavy atom. The van der Waals surface area contributed by atoms with Crippen LogP contribution in [-0.4, -0.2) is 24.7 Å². The number of fused-ring (bicyclic) bond motifs is 1. The molecule has 1 atom stereocenters. The van der Waals surface area contributed by atoms with Gasteiger partial charge in [0.2, 0.25) is 0 Å². The number of benzene rings is 1. The summed E-state index contributed by atoms with van der Waals surface area (Å²) in [7, 11) is 0. The number of nitrogens with zero attached hydrogens (tertiary/aromatic N) is 2. The van der Waals surface area contributed by atoms with Crippen molar-refractivity contribution in [2.45, 2.75) is 13.0 Å². The number of ether oxygens (including phenoxy) is 1. The Kier molecular flexibility index (Phi) is 3.75. The highest BCUT2D eigenvalue weighted by Crippen LogP contribution is 2.33. The number of halogens is 1. The van der Waals surface area contributed by atoms with Crippen LogP contribution in [0.5, 0.6) is 0 Å². The van der Waals surface area contributed by atoms with E-state index in [1.54, 1.807) is 23.5 Å². The van der Waals surface area contributed by atoms with Gasteiger partial charge in [-0.15, -0.1) is 11.3 Å². The highest BCUT2D eigenvalue weighted by atomic mass is 32.1. The smallest absolute Gasteiger partial charge is 0.124 e. The quantitative estimate of drug-likeness (QED) is 0.700. The van der Waals surface area contributed by atoms with Gasteiger partial charge in [-0.05, 0) is 42.6 Å². The minimum absolute atomic E-state index is 0.0702. The number of hydrogen-bond donors (Lipinski definition) is 0. The van der Waals surface area contributed by atoms with Crippen LogP contribution in [0.25, 0.3) is 10.9 Å². The lowest BCUT2D eigenvalue weighted by molar-refractivity contribution is 0.0422. The van der Waals surface area contributed by atoms with Crippen LogP contribution >= 0.6 is 11.3 Å². The van der Waals surface area contributed by atoms with Crippen molar-refractivity contribution in [2.24, 2.45) is 0 Å². The molecule has 1 aliphatic heterocycles. The van der Waals surface area contributed by atoms with Crippen LogP contribution < -0.4 is 4.90 Å². The average Bonchev–Trinajstić information content (AvgIpc) is 3.09. The first kappa shape index (κ1) is 14.6. The Labute approximate surface area is 138 Å². The van der Waals surface area contributed by atoms with E-state index in [0.717, 1.165) is 35.4 Å². The molecule has 5 heteroatoms. The summed E-state index contributed by atoms with van der Waals surface area (Å²) < 4.78 is 19.6. The summed E-state index contributed by atoms with van der Waals surface area (Å²) in [6.45, 7) is 4.22. The van der Waals surface area contributed by atoms with Gasteiger partial charge in [-0.25, -0.2) is 4.39 Å². The Balaban J connectivity index is 1.74. The van der Waals surface area contributed by atoms with Crippen molar-refractivity contribution in [1.82, 2.24) is 4.98 Å². The summed E-state index contributed by atoms with van der Waals surface area (Å²) in [5.41, 5.74) is 2.82. The minimum atomic E-state index is -0.229. The highest BCUT2D eigenvalue weighted by molar-refractivity contribution is 7.10. The van der Waals surface area contributed by atoms with Gasteiger partial charge >= 0.3 is 0 Å². The molecule has 0 aliphatic carbocycles. The first-order valence-corrected chi connectivity index (χ1v) is 8.55. The van der Waals surface area contributed by atoms with Crippen molar-refractivity contribution in [3.8, 4) is 0 Å². The molecule has 0 bridgehead atoms. The second kappa shape index (κ2) is 5.91. The van der Waals surface area contributed by atoms with E-state index in [1.165, 1.54) is 10.9 Å². The lowest BCUT2D eigenvalue weighted by Gasteiger charge is -2.35. The van der Waals surface area contributed by atoms with Crippen LogP contribution in [0.15, 0.2) is 41.8 Å². The van der Waals surface area contributed by atoms with Crippen molar-refractivity contribution in [1.29, 1.82) is 0 Å². The second-order valence-corrected chi connectivity index (χ2v) is 6.74. The van der Waals surface area contributed by atoms with Crippen molar-refractivity contribution in [3.05, 3.63) is 58.2 Å². The largest absolute Gasteiger partial charge is 0.369 e. The van der Waals surface area contributed by atoms with Crippen LogP contribution in [0.1, 0.15) is 16.7 Å². The van der Waals surface area contributed by atoms with E-state index in [0.29, 0.717) is 6.61 Å². The van der Waals surface area contributed by atoms with E-state index < -0.39 is 0 Å². The lowest BCUT2D eigenvalue weighted by atomic mass is 10.1. The van der Waals surface area contributed by atoms with Gasteiger partial charge in [0.1, 0.15) is 11.9 Å². The van der Waals surface area contributed by atoms with E-state index in [2.05, 4.69) is 21.3 Å². The molecule has 118 valence electrons. The molecule has 0 saturated carbocycles. The normalized spacial score (nSPS) is 18.5. The fourth-order valence-electron chi connectivity index (χ4n) is 3.09. The number of rotatable bonds is 2. The zero-order chi connectivity index (χ0) is 15.8. The van der Waals surface area contributed by atoms with Gasteiger partial charge < -0.3 is 9.64 Å². The Bertz CT molecular complexity index is 834. The van der Waals surface area contributed by atoms with E-state index >= 15 is 0 Å². The van der Waals surface area contributed by atoms with E-state index in [-0.39, 0.29) is 11.9 Å². The number of pyridine rings is 1. The summed E-state index contributed by atoms with van der Waals surface area (Å²) >= 11 is 1.71. The lowest BCUT2D eigenvalue weighted by Crippen LogP contribution is -2.38. The molecule has 0 radical (unpaired) electrons. The Morgan fingerprint density at radius 3 is 3.04 bits per heavy atom. The Morgan fingerprint density at radius 2 is 2.22 bits per heavy atom. The summed E-state index contributed by atoms with van der Waals surface area (Å²) in [4.78, 5) is 8.03. The van der Waals surface area contributed by atoms with Crippen molar-refractivity contribution < 1.29 is 9.13 Å². The molecule has 3 aromatic rings. The van der Waals surface area contributed by atoms with Crippen LogP contribution in [0.2, 0.25) is 0 Å². The van der Waals surface area contributed by atoms with Gasteiger partial charge in [-0.3, -0.25) is 4.98 Å². The first-order chi connectivity index (χ1) is 11.2. The fourth-order valence-corrected chi connectivity index (χ4v) is 3.85. The molecule has 0 spiro atoms. The number of aryl methyl sites for hydroxylation is 1. The van der Waals surface area contributed by atoms with E-state index in [9.17, 15) is 4.39 Å². The van der Waals surface area contributed by atoms with Crippen molar-refractivity contribution in [2.75, 3.05) is 24.6 Å². The second-order valence-electron chi connectivity index (χ2n) is 5.77. The number of aromatic nitrogens is 1. The number of anilines is 1. The summed E-state index contributed by atoms with van der Waals surface area (Å²) in [5.74, 6) is -0.229. The molecule has 0 N–H and O–H groups in total. The molecule has 1 aromatic carbocycles. The van der Waals surface area contributed by atoms with E-state index in [4.69, 9.17) is 4.74 Å². The van der Waals surface area contributed by atoms with Crippen LogP contribution in [-0.2, 0) is 4.74 Å². The molecular formula is C18H17FN2OS. The average molecular weight is 328 g/mol. The fraction of sp³-hybridized carbons (Fsp3) is 0.278. The van der Waals surface area contributed by atoms with Crippen molar-refractivity contribution in [3.63, 3.8) is 0 Å². The predicted octanol–water partition coefficient (Wildman–Crippen LogP) is 4.32. The third-order valence-corrected chi connectivity index (χ3v) is 5.11. The first-order valence-electron chi connectivity index (χ1n) is 7.67. The summed E-state index contributed by atoms with van der Waals surface area (Å²) in [6, 6.07) is 11.0. The third-order valence-electron chi connectivity index (χ3n) is 4.14. The van der Waals surface area contributed by atoms with Gasteiger partial charge in [0.25, 0.3) is 0 Å². The third kappa shape index (κ3) is 2.82. The zero-order valence-corrected chi connectivity index (χ0v) is 13.6. The maximum atomic E-state index is 13.7. The highest BCUT2D eigenvalue weighted by Gasteiger charge is 2.24. The molecule has 4 rings (SSSR count). The van der Waals surface area contributed by atoms with Crippen LogP contribution in [0, 0.1) is 12.7 Å². The molecule has 3 nitrogen and oxygen atoms in total. The summed E-state index contributed by atoms with van der Waals surface area (Å²) in [6.07, 6.45) is 0.0702. The minimum Gasteiger partial charge on any atom is -0.369 e. The number of hydrogen-bond acceptors (Lipinski definition) is 4.